The SMILES string of the molecule is COc1cc2c(cc1OC)CN(C(=O)c1ccc(C)c(NS(C)(=O)=O)c1)CC2. The molecule has 1 N–H and O–H groups in total. The van der Waals surface area contributed by atoms with Crippen LogP contribution in [0, 0.1) is 6.92 Å². The monoisotopic (exact) mass is 404 g/mol. The summed E-state index contributed by atoms with van der Waals surface area (Å²) in [5, 5.41) is 0. The summed E-state index contributed by atoms with van der Waals surface area (Å²) in [7, 11) is -0.240. The van der Waals surface area contributed by atoms with Crippen molar-refractivity contribution in [1.29, 1.82) is 0 Å². The zero-order valence-electron chi connectivity index (χ0n) is 16.4. The third-order valence-electron chi connectivity index (χ3n) is 4.79. The zero-order chi connectivity index (χ0) is 20.5. The number of benzene rings is 2. The van der Waals surface area contributed by atoms with Crippen molar-refractivity contribution < 1.29 is 22.7 Å². The predicted octanol–water partition coefficient (Wildman–Crippen LogP) is 2.58. The number of rotatable bonds is 5. The van der Waals surface area contributed by atoms with Gasteiger partial charge in [-0.25, -0.2) is 8.42 Å². The summed E-state index contributed by atoms with van der Waals surface area (Å²) in [4.78, 5) is 14.8. The van der Waals surface area contributed by atoms with Crippen LogP contribution in [0.3, 0.4) is 0 Å². The van der Waals surface area contributed by atoms with Gasteiger partial charge < -0.3 is 14.4 Å². The molecule has 2 aromatic carbocycles. The van der Waals surface area contributed by atoms with Crippen molar-refractivity contribution in [2.75, 3.05) is 31.7 Å². The van der Waals surface area contributed by atoms with E-state index >= 15 is 0 Å². The predicted molar refractivity (Wildman–Crippen MR) is 108 cm³/mol. The lowest BCUT2D eigenvalue weighted by atomic mass is 9.98. The molecular weight excluding hydrogens is 380 g/mol. The van der Waals surface area contributed by atoms with E-state index in [-0.39, 0.29) is 5.91 Å². The molecular formula is C20H24N2O5S. The Morgan fingerprint density at radius 1 is 1.07 bits per heavy atom. The van der Waals surface area contributed by atoms with Gasteiger partial charge in [0.15, 0.2) is 11.5 Å². The van der Waals surface area contributed by atoms with Crippen molar-refractivity contribution in [2.45, 2.75) is 19.9 Å². The summed E-state index contributed by atoms with van der Waals surface area (Å²) in [6, 6.07) is 8.90. The highest BCUT2D eigenvalue weighted by Crippen LogP contribution is 2.33. The Kier molecular flexibility index (Phi) is 5.51. The molecule has 2 aromatic rings. The smallest absolute Gasteiger partial charge is 0.254 e. The molecule has 1 aliphatic heterocycles. The topological polar surface area (TPSA) is 84.9 Å². The Bertz CT molecular complexity index is 1020. The van der Waals surface area contributed by atoms with Crippen LogP contribution < -0.4 is 14.2 Å². The molecule has 3 rings (SSSR count). The second-order valence-electron chi connectivity index (χ2n) is 6.86. The quantitative estimate of drug-likeness (QED) is 0.828. The van der Waals surface area contributed by atoms with Gasteiger partial charge in [0.25, 0.3) is 5.91 Å². The molecule has 0 bridgehead atoms. The van der Waals surface area contributed by atoms with Crippen molar-refractivity contribution >= 4 is 21.6 Å². The third-order valence-corrected chi connectivity index (χ3v) is 5.38. The van der Waals surface area contributed by atoms with E-state index in [4.69, 9.17) is 9.47 Å². The van der Waals surface area contributed by atoms with Crippen LogP contribution in [0.25, 0.3) is 0 Å². The molecule has 0 fully saturated rings. The molecule has 0 atom stereocenters. The number of hydrogen-bond acceptors (Lipinski definition) is 5. The number of carbonyl (C=O) groups is 1. The Morgan fingerprint density at radius 2 is 1.71 bits per heavy atom. The van der Waals surface area contributed by atoms with Gasteiger partial charge >= 0.3 is 0 Å². The molecule has 0 spiro atoms. The van der Waals surface area contributed by atoms with E-state index in [9.17, 15) is 13.2 Å². The number of hydrogen-bond donors (Lipinski definition) is 1. The van der Waals surface area contributed by atoms with Crippen LogP contribution in [0.2, 0.25) is 0 Å². The lowest BCUT2D eigenvalue weighted by Gasteiger charge is -2.30. The summed E-state index contributed by atoms with van der Waals surface area (Å²) in [6.07, 6.45) is 1.80. The van der Waals surface area contributed by atoms with Gasteiger partial charge in [-0.15, -0.1) is 0 Å². The molecule has 7 nitrogen and oxygen atoms in total. The molecule has 1 aliphatic rings. The number of anilines is 1. The average molecular weight is 404 g/mol. The second kappa shape index (κ2) is 7.71. The van der Waals surface area contributed by atoms with Gasteiger partial charge in [-0.1, -0.05) is 6.07 Å². The first-order valence-electron chi connectivity index (χ1n) is 8.83. The maximum atomic E-state index is 13.0. The first-order chi connectivity index (χ1) is 13.2. The Morgan fingerprint density at radius 3 is 2.32 bits per heavy atom. The van der Waals surface area contributed by atoms with E-state index in [1.165, 1.54) is 0 Å². The molecule has 0 saturated carbocycles. The summed E-state index contributed by atoms with van der Waals surface area (Å²) in [5.41, 5.74) is 3.75. The number of amides is 1. The highest BCUT2D eigenvalue weighted by molar-refractivity contribution is 7.92. The molecule has 1 heterocycles. The molecule has 0 saturated heterocycles. The van der Waals surface area contributed by atoms with Gasteiger partial charge in [0.05, 0.1) is 26.2 Å². The van der Waals surface area contributed by atoms with Crippen LogP contribution in [-0.4, -0.2) is 46.2 Å². The Balaban J connectivity index is 1.86. The van der Waals surface area contributed by atoms with E-state index < -0.39 is 10.0 Å². The van der Waals surface area contributed by atoms with Crippen molar-refractivity contribution in [3.8, 4) is 11.5 Å². The molecule has 8 heteroatoms. The maximum Gasteiger partial charge on any atom is 0.254 e. The Labute approximate surface area is 165 Å². The molecule has 0 unspecified atom stereocenters. The van der Waals surface area contributed by atoms with E-state index in [1.54, 1.807) is 44.2 Å². The minimum Gasteiger partial charge on any atom is -0.493 e. The minimum atomic E-state index is -3.42. The summed E-state index contributed by atoms with van der Waals surface area (Å²) in [6.45, 7) is 2.82. The fourth-order valence-corrected chi connectivity index (χ4v) is 3.92. The van der Waals surface area contributed by atoms with E-state index in [0.717, 1.165) is 22.9 Å². The number of methoxy groups -OCH3 is 2. The van der Waals surface area contributed by atoms with Crippen LogP contribution in [0.4, 0.5) is 5.69 Å². The molecule has 150 valence electrons. The van der Waals surface area contributed by atoms with Crippen LogP contribution in [0.15, 0.2) is 30.3 Å². The van der Waals surface area contributed by atoms with Crippen LogP contribution in [-0.2, 0) is 23.0 Å². The maximum absolute atomic E-state index is 13.0. The standard InChI is InChI=1S/C20H24N2O5S/c1-13-5-6-15(9-17(13)21-28(4,24)25)20(23)22-8-7-14-10-18(26-2)19(27-3)11-16(14)12-22/h5-6,9-11,21H,7-8,12H2,1-4H3. The van der Waals surface area contributed by atoms with Gasteiger partial charge in [-0.3, -0.25) is 9.52 Å². The number of nitrogens with one attached hydrogen (secondary N) is 1. The number of sulfonamides is 1. The van der Waals surface area contributed by atoms with Crippen molar-refractivity contribution in [3.63, 3.8) is 0 Å². The normalized spacial score (nSPS) is 13.6. The van der Waals surface area contributed by atoms with E-state index in [1.807, 2.05) is 12.1 Å². The summed E-state index contributed by atoms with van der Waals surface area (Å²) >= 11 is 0. The molecule has 28 heavy (non-hydrogen) atoms. The highest BCUT2D eigenvalue weighted by atomic mass is 32.2. The Hall–Kier alpha value is -2.74. The van der Waals surface area contributed by atoms with Crippen LogP contribution >= 0.6 is 0 Å². The van der Waals surface area contributed by atoms with E-state index in [2.05, 4.69) is 4.72 Å². The van der Waals surface area contributed by atoms with Crippen LogP contribution in [0.5, 0.6) is 11.5 Å². The third kappa shape index (κ3) is 4.22. The van der Waals surface area contributed by atoms with Crippen molar-refractivity contribution in [2.24, 2.45) is 0 Å². The minimum absolute atomic E-state index is 0.142. The largest absolute Gasteiger partial charge is 0.493 e. The lowest BCUT2D eigenvalue weighted by molar-refractivity contribution is 0.0734. The van der Waals surface area contributed by atoms with Gasteiger partial charge in [0.2, 0.25) is 10.0 Å². The second-order valence-corrected chi connectivity index (χ2v) is 8.60. The van der Waals surface area contributed by atoms with Gasteiger partial charge in [-0.05, 0) is 54.3 Å². The van der Waals surface area contributed by atoms with Gasteiger partial charge in [0.1, 0.15) is 0 Å². The molecule has 0 aliphatic carbocycles. The fraction of sp³-hybridized carbons (Fsp3) is 0.350. The number of nitrogens with zero attached hydrogens (tertiary/aromatic N) is 1. The van der Waals surface area contributed by atoms with E-state index in [0.29, 0.717) is 42.3 Å². The number of carbonyl (C=O) groups excluding carboxylic acids is 1. The molecule has 0 aromatic heterocycles. The average Bonchev–Trinajstić information content (AvgIpc) is 2.66. The fourth-order valence-electron chi connectivity index (χ4n) is 3.30. The van der Waals surface area contributed by atoms with Gasteiger partial charge in [-0.2, -0.15) is 0 Å². The lowest BCUT2D eigenvalue weighted by Crippen LogP contribution is -2.36. The number of fused-ring (bicyclic) bond motifs is 1. The number of ether oxygens (including phenoxy) is 2. The summed E-state index contributed by atoms with van der Waals surface area (Å²) in [5.74, 6) is 1.17. The molecule has 1 amide bonds. The zero-order valence-corrected chi connectivity index (χ0v) is 17.2. The molecule has 0 radical (unpaired) electrons. The van der Waals surface area contributed by atoms with Crippen molar-refractivity contribution in [3.05, 3.63) is 52.6 Å². The van der Waals surface area contributed by atoms with Gasteiger partial charge in [0, 0.05) is 18.7 Å². The summed E-state index contributed by atoms with van der Waals surface area (Å²) < 4.78 is 36.3. The van der Waals surface area contributed by atoms with Crippen molar-refractivity contribution in [1.82, 2.24) is 4.90 Å². The number of aryl methyl sites for hydroxylation is 1. The first kappa shape index (κ1) is 20.0. The van der Waals surface area contributed by atoms with Crippen LogP contribution in [0.1, 0.15) is 27.0 Å². The first-order valence-corrected chi connectivity index (χ1v) is 10.7. The highest BCUT2D eigenvalue weighted by Gasteiger charge is 2.24.